The lowest BCUT2D eigenvalue weighted by molar-refractivity contribution is 0.0955. The van der Waals surface area contributed by atoms with Crippen LogP contribution in [-0.4, -0.2) is 34.3 Å². The molecule has 1 N–H and O–H groups in total. The topological polar surface area (TPSA) is 69.0 Å². The summed E-state index contributed by atoms with van der Waals surface area (Å²) in [5.41, 5.74) is 6.02. The first kappa shape index (κ1) is 20.6. The third-order valence-corrected chi connectivity index (χ3v) is 5.35. The van der Waals surface area contributed by atoms with Gasteiger partial charge in [-0.05, 0) is 62.7 Å². The summed E-state index contributed by atoms with van der Waals surface area (Å²) in [6, 6.07) is 15.6. The van der Waals surface area contributed by atoms with Crippen LogP contribution >= 0.6 is 0 Å². The first-order valence-corrected chi connectivity index (χ1v) is 10.4. The number of pyridine rings is 1. The molecular formula is C25H26N4O2. The monoisotopic (exact) mass is 414 g/mol. The van der Waals surface area contributed by atoms with Gasteiger partial charge in [0.05, 0.1) is 41.5 Å². The van der Waals surface area contributed by atoms with E-state index in [2.05, 4.69) is 10.4 Å². The van der Waals surface area contributed by atoms with E-state index in [0.29, 0.717) is 12.1 Å². The Morgan fingerprint density at radius 1 is 1.10 bits per heavy atom. The van der Waals surface area contributed by atoms with E-state index in [1.807, 2.05) is 74.0 Å². The van der Waals surface area contributed by atoms with Gasteiger partial charge in [-0.2, -0.15) is 5.10 Å². The molecule has 0 atom stereocenters. The second-order valence-corrected chi connectivity index (χ2v) is 7.59. The number of carbonyl (C=O) groups is 1. The van der Waals surface area contributed by atoms with Gasteiger partial charge in [0, 0.05) is 17.5 Å². The van der Waals surface area contributed by atoms with Gasteiger partial charge in [0.15, 0.2) is 0 Å². The predicted octanol–water partition coefficient (Wildman–Crippen LogP) is 4.85. The first-order chi connectivity index (χ1) is 15.0. The van der Waals surface area contributed by atoms with Crippen molar-refractivity contribution in [3.8, 4) is 22.7 Å². The fourth-order valence-corrected chi connectivity index (χ4v) is 3.64. The second-order valence-electron chi connectivity index (χ2n) is 7.59. The standard InChI is InChI=1S/C25H26N4O2/c1-5-12-26-25(30)21-14-24(28-23-11-6-16(2)13-20(21)23)22-15-27-29(17(22)3)18-7-9-19(31-4)10-8-18/h6-11,13-15H,5,12H2,1-4H3,(H,26,30). The number of hydrogen-bond acceptors (Lipinski definition) is 4. The minimum atomic E-state index is -0.0821. The molecule has 0 aliphatic heterocycles. The number of nitrogens with zero attached hydrogens (tertiary/aromatic N) is 3. The number of amides is 1. The van der Waals surface area contributed by atoms with Crippen molar-refractivity contribution < 1.29 is 9.53 Å². The molecule has 0 bridgehead atoms. The molecule has 0 fully saturated rings. The zero-order chi connectivity index (χ0) is 22.0. The van der Waals surface area contributed by atoms with E-state index in [1.54, 1.807) is 13.3 Å². The number of nitrogens with one attached hydrogen (secondary N) is 1. The maximum absolute atomic E-state index is 12.9. The fourth-order valence-electron chi connectivity index (χ4n) is 3.64. The average molecular weight is 415 g/mol. The van der Waals surface area contributed by atoms with E-state index in [0.717, 1.165) is 51.3 Å². The Bertz CT molecular complexity index is 1240. The summed E-state index contributed by atoms with van der Waals surface area (Å²) in [6.45, 7) is 6.70. The van der Waals surface area contributed by atoms with Crippen LogP contribution in [0.1, 0.15) is 35.0 Å². The number of benzene rings is 2. The molecule has 158 valence electrons. The van der Waals surface area contributed by atoms with E-state index in [9.17, 15) is 4.79 Å². The molecule has 1 amide bonds. The minimum absolute atomic E-state index is 0.0821. The molecule has 0 radical (unpaired) electrons. The van der Waals surface area contributed by atoms with Crippen LogP contribution in [0.5, 0.6) is 5.75 Å². The Balaban J connectivity index is 1.82. The minimum Gasteiger partial charge on any atom is -0.497 e. The Labute approximate surface area is 181 Å². The first-order valence-electron chi connectivity index (χ1n) is 10.4. The summed E-state index contributed by atoms with van der Waals surface area (Å²) in [6.07, 6.45) is 2.68. The highest BCUT2D eigenvalue weighted by Gasteiger charge is 2.17. The average Bonchev–Trinajstić information content (AvgIpc) is 3.18. The smallest absolute Gasteiger partial charge is 0.252 e. The predicted molar refractivity (Wildman–Crippen MR) is 123 cm³/mol. The van der Waals surface area contributed by atoms with Crippen molar-refractivity contribution in [1.82, 2.24) is 20.1 Å². The summed E-state index contributed by atoms with van der Waals surface area (Å²) < 4.78 is 7.11. The van der Waals surface area contributed by atoms with Gasteiger partial charge in [-0.25, -0.2) is 9.67 Å². The van der Waals surface area contributed by atoms with Gasteiger partial charge in [0.1, 0.15) is 5.75 Å². The summed E-state index contributed by atoms with van der Waals surface area (Å²) >= 11 is 0. The van der Waals surface area contributed by atoms with Gasteiger partial charge >= 0.3 is 0 Å². The molecule has 0 saturated heterocycles. The van der Waals surface area contributed by atoms with Crippen LogP contribution in [-0.2, 0) is 0 Å². The molecule has 2 heterocycles. The molecule has 4 rings (SSSR count). The molecule has 31 heavy (non-hydrogen) atoms. The maximum atomic E-state index is 12.9. The van der Waals surface area contributed by atoms with Gasteiger partial charge < -0.3 is 10.1 Å². The lowest BCUT2D eigenvalue weighted by Gasteiger charge is -2.11. The lowest BCUT2D eigenvalue weighted by atomic mass is 10.0. The highest BCUT2D eigenvalue weighted by atomic mass is 16.5. The molecule has 0 unspecified atom stereocenters. The van der Waals surface area contributed by atoms with Gasteiger partial charge in [-0.1, -0.05) is 18.6 Å². The van der Waals surface area contributed by atoms with Gasteiger partial charge in [-0.3, -0.25) is 4.79 Å². The second kappa shape index (κ2) is 8.60. The zero-order valence-corrected chi connectivity index (χ0v) is 18.3. The van der Waals surface area contributed by atoms with E-state index in [1.165, 1.54) is 0 Å². The van der Waals surface area contributed by atoms with Crippen LogP contribution in [0.3, 0.4) is 0 Å². The van der Waals surface area contributed by atoms with Crippen LogP contribution in [0, 0.1) is 13.8 Å². The van der Waals surface area contributed by atoms with E-state index >= 15 is 0 Å². The van der Waals surface area contributed by atoms with Crippen molar-refractivity contribution in [2.45, 2.75) is 27.2 Å². The fraction of sp³-hybridized carbons (Fsp3) is 0.240. The molecule has 6 heteroatoms. The van der Waals surface area contributed by atoms with Crippen molar-refractivity contribution in [3.05, 3.63) is 71.5 Å². The highest BCUT2D eigenvalue weighted by molar-refractivity contribution is 6.07. The summed E-state index contributed by atoms with van der Waals surface area (Å²) in [4.78, 5) is 17.8. The Hall–Kier alpha value is -3.67. The van der Waals surface area contributed by atoms with Gasteiger partial charge in [0.2, 0.25) is 0 Å². The van der Waals surface area contributed by atoms with Gasteiger partial charge in [0.25, 0.3) is 5.91 Å². The number of rotatable bonds is 6. The van der Waals surface area contributed by atoms with Crippen molar-refractivity contribution in [2.75, 3.05) is 13.7 Å². The molecule has 0 aliphatic carbocycles. The molecule has 0 aliphatic rings. The molecular weight excluding hydrogens is 388 g/mol. The Morgan fingerprint density at radius 2 is 1.87 bits per heavy atom. The van der Waals surface area contributed by atoms with Crippen LogP contribution in [0.25, 0.3) is 27.8 Å². The summed E-state index contributed by atoms with van der Waals surface area (Å²) in [5.74, 6) is 0.712. The SMILES string of the molecule is CCCNC(=O)c1cc(-c2cnn(-c3ccc(OC)cc3)c2C)nc2ccc(C)cc12. The van der Waals surface area contributed by atoms with E-state index < -0.39 is 0 Å². The Morgan fingerprint density at radius 3 is 2.58 bits per heavy atom. The molecule has 4 aromatic rings. The van der Waals surface area contributed by atoms with Crippen LogP contribution in [0.2, 0.25) is 0 Å². The largest absolute Gasteiger partial charge is 0.497 e. The third kappa shape index (κ3) is 4.01. The Kier molecular flexibility index (Phi) is 5.71. The summed E-state index contributed by atoms with van der Waals surface area (Å²) in [7, 11) is 1.65. The van der Waals surface area contributed by atoms with E-state index in [4.69, 9.17) is 9.72 Å². The normalized spacial score (nSPS) is 11.0. The quantitative estimate of drug-likeness (QED) is 0.490. The highest BCUT2D eigenvalue weighted by Crippen LogP contribution is 2.29. The number of aryl methyl sites for hydroxylation is 1. The van der Waals surface area contributed by atoms with Crippen LogP contribution in [0.15, 0.2) is 54.7 Å². The van der Waals surface area contributed by atoms with Crippen LogP contribution in [0.4, 0.5) is 0 Å². The summed E-state index contributed by atoms with van der Waals surface area (Å²) in [5, 5.41) is 8.43. The number of hydrogen-bond donors (Lipinski definition) is 1. The van der Waals surface area contributed by atoms with Crippen molar-refractivity contribution in [2.24, 2.45) is 0 Å². The van der Waals surface area contributed by atoms with Crippen LogP contribution < -0.4 is 10.1 Å². The van der Waals surface area contributed by atoms with Crippen molar-refractivity contribution in [3.63, 3.8) is 0 Å². The molecule has 6 nitrogen and oxygen atoms in total. The number of fused-ring (bicyclic) bond motifs is 1. The van der Waals surface area contributed by atoms with E-state index in [-0.39, 0.29) is 5.91 Å². The molecule has 0 saturated carbocycles. The molecule has 2 aromatic heterocycles. The number of methoxy groups -OCH3 is 1. The zero-order valence-electron chi connectivity index (χ0n) is 18.3. The third-order valence-electron chi connectivity index (χ3n) is 5.35. The van der Waals surface area contributed by atoms with Crippen molar-refractivity contribution in [1.29, 1.82) is 0 Å². The lowest BCUT2D eigenvalue weighted by Crippen LogP contribution is -2.24. The molecule has 0 spiro atoms. The van der Waals surface area contributed by atoms with Crippen molar-refractivity contribution >= 4 is 16.8 Å². The number of aromatic nitrogens is 3. The maximum Gasteiger partial charge on any atom is 0.252 e. The molecule has 2 aromatic carbocycles. The number of carbonyl (C=O) groups excluding carboxylic acids is 1. The van der Waals surface area contributed by atoms with Gasteiger partial charge in [-0.15, -0.1) is 0 Å². The number of ether oxygens (including phenoxy) is 1.